The number of carbonyl (C=O) groups excluding carboxylic acids is 1. The van der Waals surface area contributed by atoms with E-state index in [2.05, 4.69) is 14.7 Å². The minimum atomic E-state index is -0.178. The first kappa shape index (κ1) is 14.5. The molecule has 24 heavy (non-hydrogen) atoms. The van der Waals surface area contributed by atoms with E-state index in [-0.39, 0.29) is 5.91 Å². The van der Waals surface area contributed by atoms with E-state index in [0.29, 0.717) is 16.5 Å². The third kappa shape index (κ3) is 2.77. The van der Waals surface area contributed by atoms with E-state index in [9.17, 15) is 4.79 Å². The van der Waals surface area contributed by atoms with Crippen molar-refractivity contribution in [2.75, 3.05) is 5.32 Å². The van der Waals surface area contributed by atoms with Gasteiger partial charge in [-0.15, -0.1) is 0 Å². The molecule has 0 saturated heterocycles. The average molecular weight is 331 g/mol. The van der Waals surface area contributed by atoms with Gasteiger partial charge < -0.3 is 0 Å². The Morgan fingerprint density at radius 2 is 1.62 bits per heavy atom. The highest BCUT2D eigenvalue weighted by Gasteiger charge is 2.13. The fraction of sp³-hybridized carbons (Fsp3) is 0. The summed E-state index contributed by atoms with van der Waals surface area (Å²) in [6, 6.07) is 23.2. The lowest BCUT2D eigenvalue weighted by atomic mass is 10.0. The lowest BCUT2D eigenvalue weighted by Gasteiger charge is -2.05. The van der Waals surface area contributed by atoms with E-state index in [4.69, 9.17) is 0 Å². The van der Waals surface area contributed by atoms with Gasteiger partial charge in [0.1, 0.15) is 0 Å². The maximum atomic E-state index is 12.6. The molecule has 0 radical (unpaired) electrons. The van der Waals surface area contributed by atoms with E-state index in [1.807, 2.05) is 72.8 Å². The summed E-state index contributed by atoms with van der Waals surface area (Å²) in [6.45, 7) is 0. The molecule has 0 fully saturated rings. The zero-order chi connectivity index (χ0) is 16.4. The third-order valence-electron chi connectivity index (χ3n) is 3.71. The maximum Gasteiger partial charge on any atom is 0.258 e. The molecule has 1 heterocycles. The lowest BCUT2D eigenvalue weighted by molar-refractivity contribution is 0.102. The number of anilines is 1. The quantitative estimate of drug-likeness (QED) is 0.596. The number of hydrogen-bond donors (Lipinski definition) is 1. The van der Waals surface area contributed by atoms with Gasteiger partial charge in [-0.3, -0.25) is 10.1 Å². The SMILES string of the molecule is O=C(Nc1nc(-c2ccccc2)ns1)c1cccc2ccccc12. The van der Waals surface area contributed by atoms with Crippen molar-refractivity contribution in [3.05, 3.63) is 78.4 Å². The molecule has 5 heteroatoms. The molecule has 0 aliphatic carbocycles. The molecule has 0 aliphatic rings. The minimum Gasteiger partial charge on any atom is -0.297 e. The number of benzene rings is 3. The predicted molar refractivity (Wildman–Crippen MR) is 97.2 cm³/mol. The van der Waals surface area contributed by atoms with Crippen LogP contribution in [0.15, 0.2) is 72.8 Å². The third-order valence-corrected chi connectivity index (χ3v) is 4.34. The Morgan fingerprint density at radius 1 is 0.875 bits per heavy atom. The largest absolute Gasteiger partial charge is 0.297 e. The van der Waals surface area contributed by atoms with E-state index < -0.39 is 0 Å². The summed E-state index contributed by atoms with van der Waals surface area (Å²) in [6.07, 6.45) is 0. The van der Waals surface area contributed by atoms with Crippen LogP contribution in [0.2, 0.25) is 0 Å². The standard InChI is InChI=1S/C19H13N3OS/c23-18(16-12-6-10-13-7-4-5-11-15(13)16)21-19-20-17(22-24-19)14-8-2-1-3-9-14/h1-12H,(H,20,21,22,23). The molecule has 4 aromatic rings. The van der Waals surface area contributed by atoms with Crippen LogP contribution in [0.3, 0.4) is 0 Å². The van der Waals surface area contributed by atoms with Crippen LogP contribution in [-0.2, 0) is 0 Å². The number of fused-ring (bicyclic) bond motifs is 1. The van der Waals surface area contributed by atoms with Gasteiger partial charge >= 0.3 is 0 Å². The Labute approximate surface area is 143 Å². The predicted octanol–water partition coefficient (Wildman–Crippen LogP) is 4.61. The van der Waals surface area contributed by atoms with E-state index in [1.54, 1.807) is 0 Å². The zero-order valence-electron chi connectivity index (χ0n) is 12.6. The number of carbonyl (C=O) groups is 1. The van der Waals surface area contributed by atoms with Crippen LogP contribution in [0.4, 0.5) is 5.13 Å². The van der Waals surface area contributed by atoms with Gasteiger partial charge in [0, 0.05) is 22.7 Å². The fourth-order valence-electron chi connectivity index (χ4n) is 2.57. The minimum absolute atomic E-state index is 0.178. The summed E-state index contributed by atoms with van der Waals surface area (Å²) in [7, 11) is 0. The van der Waals surface area contributed by atoms with E-state index in [0.717, 1.165) is 16.3 Å². The van der Waals surface area contributed by atoms with Crippen LogP contribution < -0.4 is 5.32 Å². The summed E-state index contributed by atoms with van der Waals surface area (Å²) < 4.78 is 4.31. The van der Waals surface area contributed by atoms with Gasteiger partial charge in [-0.1, -0.05) is 66.7 Å². The number of rotatable bonds is 3. The molecule has 0 atom stereocenters. The smallest absolute Gasteiger partial charge is 0.258 e. The monoisotopic (exact) mass is 331 g/mol. The number of hydrogen-bond acceptors (Lipinski definition) is 4. The number of amides is 1. The van der Waals surface area contributed by atoms with Crippen LogP contribution in [0.5, 0.6) is 0 Å². The first-order valence-corrected chi connectivity index (χ1v) is 8.27. The first-order chi connectivity index (χ1) is 11.8. The van der Waals surface area contributed by atoms with Crippen LogP contribution in [0.25, 0.3) is 22.2 Å². The van der Waals surface area contributed by atoms with Gasteiger partial charge in [-0.2, -0.15) is 9.36 Å². The maximum absolute atomic E-state index is 12.6. The number of aromatic nitrogens is 2. The van der Waals surface area contributed by atoms with Gasteiger partial charge in [-0.25, -0.2) is 0 Å². The molecule has 1 amide bonds. The van der Waals surface area contributed by atoms with Gasteiger partial charge in [0.05, 0.1) is 0 Å². The number of nitrogens with zero attached hydrogens (tertiary/aromatic N) is 2. The molecule has 0 unspecified atom stereocenters. The second-order valence-electron chi connectivity index (χ2n) is 5.27. The molecule has 0 aliphatic heterocycles. The Balaban J connectivity index is 1.61. The highest BCUT2D eigenvalue weighted by Crippen LogP contribution is 2.23. The molecule has 1 aromatic heterocycles. The Bertz CT molecular complexity index is 1010. The van der Waals surface area contributed by atoms with Gasteiger partial charge in [-0.05, 0) is 16.8 Å². The molecule has 4 rings (SSSR count). The van der Waals surface area contributed by atoms with E-state index in [1.165, 1.54) is 11.5 Å². The van der Waals surface area contributed by atoms with Crippen molar-refractivity contribution in [1.29, 1.82) is 0 Å². The second-order valence-corrected chi connectivity index (χ2v) is 6.02. The first-order valence-electron chi connectivity index (χ1n) is 7.49. The van der Waals surface area contributed by atoms with Crippen molar-refractivity contribution in [1.82, 2.24) is 9.36 Å². The summed E-state index contributed by atoms with van der Waals surface area (Å²) in [5, 5.41) is 5.30. The van der Waals surface area contributed by atoms with Crippen LogP contribution >= 0.6 is 11.5 Å². The fourth-order valence-corrected chi connectivity index (χ4v) is 3.15. The Kier molecular flexibility index (Phi) is 3.76. The van der Waals surface area contributed by atoms with Gasteiger partial charge in [0.2, 0.25) is 5.13 Å². The van der Waals surface area contributed by atoms with Crippen molar-refractivity contribution in [2.45, 2.75) is 0 Å². The highest BCUT2D eigenvalue weighted by atomic mass is 32.1. The average Bonchev–Trinajstić information content (AvgIpc) is 3.10. The van der Waals surface area contributed by atoms with Crippen molar-refractivity contribution in [2.24, 2.45) is 0 Å². The van der Waals surface area contributed by atoms with Crippen molar-refractivity contribution < 1.29 is 4.79 Å². The van der Waals surface area contributed by atoms with Crippen molar-refractivity contribution >= 4 is 33.3 Å². The second kappa shape index (κ2) is 6.22. The normalized spacial score (nSPS) is 10.7. The molecular weight excluding hydrogens is 318 g/mol. The van der Waals surface area contributed by atoms with E-state index >= 15 is 0 Å². The van der Waals surface area contributed by atoms with Crippen molar-refractivity contribution in [3.8, 4) is 11.4 Å². The molecule has 4 nitrogen and oxygen atoms in total. The summed E-state index contributed by atoms with van der Waals surface area (Å²) in [5.74, 6) is 0.441. The molecule has 1 N–H and O–H groups in total. The zero-order valence-corrected chi connectivity index (χ0v) is 13.5. The molecule has 3 aromatic carbocycles. The Morgan fingerprint density at radius 3 is 2.50 bits per heavy atom. The highest BCUT2D eigenvalue weighted by molar-refractivity contribution is 7.10. The summed E-state index contributed by atoms with van der Waals surface area (Å²) in [5.41, 5.74) is 1.56. The van der Waals surface area contributed by atoms with Crippen LogP contribution in [0.1, 0.15) is 10.4 Å². The topological polar surface area (TPSA) is 54.9 Å². The molecule has 0 saturated carbocycles. The lowest BCUT2D eigenvalue weighted by Crippen LogP contribution is -2.12. The molecule has 116 valence electrons. The van der Waals surface area contributed by atoms with Crippen LogP contribution in [0, 0.1) is 0 Å². The van der Waals surface area contributed by atoms with Crippen LogP contribution in [-0.4, -0.2) is 15.3 Å². The molecular formula is C19H13N3OS. The van der Waals surface area contributed by atoms with Crippen molar-refractivity contribution in [3.63, 3.8) is 0 Å². The Hall–Kier alpha value is -3.05. The molecule has 0 bridgehead atoms. The summed E-state index contributed by atoms with van der Waals surface area (Å²) in [4.78, 5) is 17.0. The summed E-state index contributed by atoms with van der Waals surface area (Å²) >= 11 is 1.18. The number of nitrogens with one attached hydrogen (secondary N) is 1. The van der Waals surface area contributed by atoms with Gasteiger partial charge in [0.15, 0.2) is 5.82 Å². The van der Waals surface area contributed by atoms with Gasteiger partial charge in [0.25, 0.3) is 5.91 Å². The molecule has 0 spiro atoms.